The summed E-state index contributed by atoms with van der Waals surface area (Å²) in [4.78, 5) is 12.5. The highest BCUT2D eigenvalue weighted by molar-refractivity contribution is 6.07. The Morgan fingerprint density at radius 3 is 2.28 bits per heavy atom. The third kappa shape index (κ3) is 2.81. The van der Waals surface area contributed by atoms with Crippen LogP contribution in [-0.4, -0.2) is 18.9 Å². The molecule has 2 aromatic rings. The Labute approximate surface area is 139 Å². The molecule has 0 aromatic heterocycles. The van der Waals surface area contributed by atoms with Crippen molar-refractivity contribution in [2.45, 2.75) is 18.1 Å². The molecule has 0 spiro atoms. The van der Waals surface area contributed by atoms with Crippen LogP contribution in [0.2, 0.25) is 0 Å². The van der Waals surface area contributed by atoms with Gasteiger partial charge >= 0.3 is 18.0 Å². The first-order valence-corrected chi connectivity index (χ1v) is 7.19. The molecule has 25 heavy (non-hydrogen) atoms. The topological polar surface area (TPSA) is 29.5 Å². The summed E-state index contributed by atoms with van der Waals surface area (Å²) in [5, 5.41) is 0. The smallest absolute Gasteiger partial charge is 0.416 e. The number of halogens is 5. The van der Waals surface area contributed by atoms with Gasteiger partial charge in [-0.15, -0.1) is 0 Å². The molecule has 0 aliphatic carbocycles. The number of carbonyl (C=O) groups is 1. The number of ether oxygens (including phenoxy) is 1. The van der Waals surface area contributed by atoms with Crippen molar-refractivity contribution in [2.24, 2.45) is 0 Å². The Bertz CT molecular complexity index is 801. The van der Waals surface area contributed by atoms with E-state index in [0.29, 0.717) is 16.7 Å². The Hall–Kier alpha value is -2.64. The molecule has 0 radical (unpaired) electrons. The van der Waals surface area contributed by atoms with Gasteiger partial charge in [0.15, 0.2) is 0 Å². The Balaban J connectivity index is 2.01. The Morgan fingerprint density at radius 1 is 1.08 bits per heavy atom. The summed E-state index contributed by atoms with van der Waals surface area (Å²) in [6, 6.07) is 7.69. The van der Waals surface area contributed by atoms with Gasteiger partial charge in [0.05, 0.1) is 12.7 Å². The van der Waals surface area contributed by atoms with Crippen LogP contribution in [0.5, 0.6) is 5.75 Å². The molecule has 0 saturated carbocycles. The number of alkyl halides is 5. The van der Waals surface area contributed by atoms with Crippen LogP contribution in [0.25, 0.3) is 0 Å². The number of hydrogen-bond donors (Lipinski definition) is 0. The van der Waals surface area contributed by atoms with Crippen LogP contribution in [0.4, 0.5) is 27.6 Å². The lowest BCUT2D eigenvalue weighted by atomic mass is 9.88. The number of methoxy groups -OCH3 is 1. The lowest BCUT2D eigenvalue weighted by Gasteiger charge is -2.46. The van der Waals surface area contributed by atoms with E-state index in [9.17, 15) is 26.7 Å². The van der Waals surface area contributed by atoms with Crippen LogP contribution in [0.1, 0.15) is 17.2 Å². The third-order valence-corrected chi connectivity index (χ3v) is 3.99. The standard InChI is InChI=1S/C17H12F5NO2/c1-25-13-7-5-10(6-8-13)14-16(18,19)15(24)23(14)12-4-2-3-11(9-12)17(20,21)22/h2-9,14H,1H3/t14-/m1/s1. The van der Waals surface area contributed by atoms with E-state index in [1.54, 1.807) is 0 Å². The summed E-state index contributed by atoms with van der Waals surface area (Å²) in [5.41, 5.74) is -1.14. The van der Waals surface area contributed by atoms with Gasteiger partial charge in [-0.1, -0.05) is 18.2 Å². The Morgan fingerprint density at radius 2 is 1.72 bits per heavy atom. The van der Waals surface area contributed by atoms with Gasteiger partial charge in [-0.2, -0.15) is 22.0 Å². The average molecular weight is 357 g/mol. The quantitative estimate of drug-likeness (QED) is 0.601. The number of hydrogen-bond acceptors (Lipinski definition) is 2. The van der Waals surface area contributed by atoms with E-state index in [-0.39, 0.29) is 11.3 Å². The second-order valence-electron chi connectivity index (χ2n) is 5.52. The monoisotopic (exact) mass is 357 g/mol. The van der Waals surface area contributed by atoms with E-state index in [4.69, 9.17) is 4.74 Å². The van der Waals surface area contributed by atoms with Gasteiger partial charge in [0.25, 0.3) is 0 Å². The molecule has 1 aliphatic rings. The number of amides is 1. The van der Waals surface area contributed by atoms with Crippen molar-refractivity contribution < 1.29 is 31.5 Å². The van der Waals surface area contributed by atoms with Crippen molar-refractivity contribution in [3.05, 3.63) is 59.7 Å². The summed E-state index contributed by atoms with van der Waals surface area (Å²) in [7, 11) is 1.41. The zero-order chi connectivity index (χ0) is 18.4. The summed E-state index contributed by atoms with van der Waals surface area (Å²) < 4.78 is 71.6. The Kier molecular flexibility index (Phi) is 3.93. The van der Waals surface area contributed by atoms with Gasteiger partial charge in [-0.25, -0.2) is 0 Å². The fourth-order valence-electron chi connectivity index (χ4n) is 2.73. The van der Waals surface area contributed by atoms with E-state index in [1.165, 1.54) is 37.4 Å². The predicted molar refractivity (Wildman–Crippen MR) is 79.6 cm³/mol. The minimum Gasteiger partial charge on any atom is -0.497 e. The number of anilines is 1. The van der Waals surface area contributed by atoms with E-state index in [0.717, 1.165) is 12.1 Å². The zero-order valence-electron chi connectivity index (χ0n) is 12.8. The molecular weight excluding hydrogens is 345 g/mol. The molecule has 1 heterocycles. The molecule has 1 atom stereocenters. The average Bonchev–Trinajstić information content (AvgIpc) is 2.58. The molecule has 1 fully saturated rings. The SMILES string of the molecule is COc1ccc([C@H]2N(c3cccc(C(F)(F)F)c3)C(=O)C2(F)F)cc1. The molecule has 1 saturated heterocycles. The lowest BCUT2D eigenvalue weighted by Crippen LogP contribution is -2.64. The van der Waals surface area contributed by atoms with Crippen molar-refractivity contribution in [1.29, 1.82) is 0 Å². The van der Waals surface area contributed by atoms with E-state index in [2.05, 4.69) is 0 Å². The van der Waals surface area contributed by atoms with Crippen LogP contribution in [0.15, 0.2) is 48.5 Å². The minimum atomic E-state index is -4.64. The highest BCUT2D eigenvalue weighted by Gasteiger charge is 2.64. The number of benzene rings is 2. The van der Waals surface area contributed by atoms with Gasteiger partial charge in [0.2, 0.25) is 0 Å². The normalized spacial score (nSPS) is 19.5. The van der Waals surface area contributed by atoms with Gasteiger partial charge in [0.1, 0.15) is 11.8 Å². The van der Waals surface area contributed by atoms with Crippen molar-refractivity contribution >= 4 is 11.6 Å². The van der Waals surface area contributed by atoms with Crippen molar-refractivity contribution in [3.8, 4) is 5.75 Å². The van der Waals surface area contributed by atoms with E-state index < -0.39 is 29.6 Å². The number of carbonyl (C=O) groups excluding carboxylic acids is 1. The molecule has 0 unspecified atom stereocenters. The second-order valence-corrected chi connectivity index (χ2v) is 5.52. The van der Waals surface area contributed by atoms with Gasteiger partial charge < -0.3 is 4.74 Å². The second kappa shape index (κ2) is 5.72. The van der Waals surface area contributed by atoms with Crippen molar-refractivity contribution in [1.82, 2.24) is 0 Å². The van der Waals surface area contributed by atoms with Crippen LogP contribution < -0.4 is 9.64 Å². The zero-order valence-corrected chi connectivity index (χ0v) is 12.8. The molecular formula is C17H12F5NO2. The van der Waals surface area contributed by atoms with E-state index in [1.807, 2.05) is 0 Å². The fraction of sp³-hybridized carbons (Fsp3) is 0.235. The lowest BCUT2D eigenvalue weighted by molar-refractivity contribution is -0.162. The van der Waals surface area contributed by atoms with Gasteiger partial charge in [-0.05, 0) is 35.9 Å². The highest BCUT2D eigenvalue weighted by Crippen LogP contribution is 2.50. The molecule has 0 bridgehead atoms. The first-order chi connectivity index (χ1) is 11.7. The first-order valence-electron chi connectivity index (χ1n) is 7.19. The molecule has 3 rings (SSSR count). The first kappa shape index (κ1) is 17.2. The van der Waals surface area contributed by atoms with Crippen LogP contribution in [0, 0.1) is 0 Å². The van der Waals surface area contributed by atoms with Crippen LogP contribution >= 0.6 is 0 Å². The maximum absolute atomic E-state index is 14.1. The largest absolute Gasteiger partial charge is 0.497 e. The summed E-state index contributed by atoms with van der Waals surface area (Å²) in [6.07, 6.45) is -4.64. The molecule has 0 N–H and O–H groups in total. The summed E-state index contributed by atoms with van der Waals surface area (Å²) in [5.74, 6) is -4.79. The molecule has 3 nitrogen and oxygen atoms in total. The number of nitrogens with zero attached hydrogens (tertiary/aromatic N) is 1. The van der Waals surface area contributed by atoms with Crippen molar-refractivity contribution in [3.63, 3.8) is 0 Å². The highest BCUT2D eigenvalue weighted by atomic mass is 19.4. The van der Waals surface area contributed by atoms with E-state index >= 15 is 0 Å². The summed E-state index contributed by atoms with van der Waals surface area (Å²) in [6.45, 7) is 0. The molecule has 132 valence electrons. The van der Waals surface area contributed by atoms with Gasteiger partial charge in [0, 0.05) is 5.69 Å². The predicted octanol–water partition coefficient (Wildman–Crippen LogP) is 4.44. The maximum Gasteiger partial charge on any atom is 0.416 e. The molecule has 2 aromatic carbocycles. The number of rotatable bonds is 3. The summed E-state index contributed by atoms with van der Waals surface area (Å²) >= 11 is 0. The number of β-lactam (4-membered cyclic amide) rings is 1. The molecule has 1 aliphatic heterocycles. The maximum atomic E-state index is 14.1. The minimum absolute atomic E-state index is 0.0998. The van der Waals surface area contributed by atoms with Crippen LogP contribution in [0.3, 0.4) is 0 Å². The van der Waals surface area contributed by atoms with Crippen LogP contribution in [-0.2, 0) is 11.0 Å². The van der Waals surface area contributed by atoms with Gasteiger partial charge in [-0.3, -0.25) is 9.69 Å². The van der Waals surface area contributed by atoms with Crippen molar-refractivity contribution in [2.75, 3.05) is 12.0 Å². The third-order valence-electron chi connectivity index (χ3n) is 3.99. The molecule has 1 amide bonds. The molecule has 8 heteroatoms. The fourth-order valence-corrected chi connectivity index (χ4v) is 2.73.